The lowest BCUT2D eigenvalue weighted by atomic mass is 10.1. The standard InChI is InChI=1S/C16H21N5O/c1-4-5-11-21-13-14(17-12(2)19(3)15(13)22)18-16(21)20-9-7-6-8-10-20/h6-11H2,1-3H3. The summed E-state index contributed by atoms with van der Waals surface area (Å²) in [4.78, 5) is 24.0. The van der Waals surface area contributed by atoms with Crippen LogP contribution in [0.15, 0.2) is 4.79 Å². The highest BCUT2D eigenvalue weighted by Crippen LogP contribution is 2.22. The average Bonchev–Trinajstić information content (AvgIpc) is 2.90. The van der Waals surface area contributed by atoms with Gasteiger partial charge in [0.2, 0.25) is 5.95 Å². The molecule has 1 aliphatic rings. The molecule has 0 amide bonds. The number of hydrogen-bond donors (Lipinski definition) is 0. The van der Waals surface area contributed by atoms with Crippen LogP contribution in [0.25, 0.3) is 11.2 Å². The van der Waals surface area contributed by atoms with Gasteiger partial charge in [-0.15, -0.1) is 5.92 Å². The minimum Gasteiger partial charge on any atom is -0.342 e. The molecule has 0 aliphatic carbocycles. The van der Waals surface area contributed by atoms with E-state index in [1.807, 2.05) is 11.5 Å². The van der Waals surface area contributed by atoms with Gasteiger partial charge in [-0.25, -0.2) is 4.98 Å². The van der Waals surface area contributed by atoms with Gasteiger partial charge in [-0.2, -0.15) is 4.98 Å². The van der Waals surface area contributed by atoms with Gasteiger partial charge >= 0.3 is 0 Å². The largest absolute Gasteiger partial charge is 0.342 e. The molecule has 22 heavy (non-hydrogen) atoms. The molecule has 0 radical (unpaired) electrons. The Morgan fingerprint density at radius 1 is 1.18 bits per heavy atom. The first kappa shape index (κ1) is 14.6. The summed E-state index contributed by atoms with van der Waals surface area (Å²) in [6.45, 7) is 6.05. The van der Waals surface area contributed by atoms with Crippen LogP contribution in [0.5, 0.6) is 0 Å². The van der Waals surface area contributed by atoms with Crippen LogP contribution < -0.4 is 10.5 Å². The number of anilines is 1. The normalized spacial score (nSPS) is 15.0. The van der Waals surface area contributed by atoms with E-state index in [-0.39, 0.29) is 5.56 Å². The lowest BCUT2D eigenvalue weighted by Crippen LogP contribution is -2.32. The first-order valence-corrected chi connectivity index (χ1v) is 7.72. The third kappa shape index (κ3) is 2.37. The fourth-order valence-corrected chi connectivity index (χ4v) is 2.90. The van der Waals surface area contributed by atoms with E-state index in [0.29, 0.717) is 23.5 Å². The second-order valence-electron chi connectivity index (χ2n) is 5.67. The maximum atomic E-state index is 12.6. The number of aryl methyl sites for hydroxylation is 1. The zero-order chi connectivity index (χ0) is 15.7. The fraction of sp³-hybridized carbons (Fsp3) is 0.562. The number of piperidine rings is 1. The maximum Gasteiger partial charge on any atom is 0.279 e. The second kappa shape index (κ2) is 5.84. The van der Waals surface area contributed by atoms with Crippen molar-refractivity contribution in [3.8, 4) is 11.8 Å². The highest BCUT2D eigenvalue weighted by molar-refractivity contribution is 5.74. The van der Waals surface area contributed by atoms with Crippen LogP contribution in [0.2, 0.25) is 0 Å². The molecule has 1 saturated heterocycles. The van der Waals surface area contributed by atoms with Crippen molar-refractivity contribution in [3.05, 3.63) is 16.2 Å². The predicted octanol–water partition coefficient (Wildman–Crippen LogP) is 1.45. The molecule has 0 unspecified atom stereocenters. The van der Waals surface area contributed by atoms with Crippen LogP contribution >= 0.6 is 0 Å². The molecular formula is C16H21N5O. The van der Waals surface area contributed by atoms with E-state index in [1.165, 1.54) is 6.42 Å². The molecule has 0 saturated carbocycles. The van der Waals surface area contributed by atoms with Gasteiger partial charge in [-0.3, -0.25) is 13.9 Å². The molecule has 2 aromatic rings. The van der Waals surface area contributed by atoms with E-state index in [0.717, 1.165) is 31.9 Å². The lowest BCUT2D eigenvalue weighted by molar-refractivity contribution is 0.561. The third-order valence-electron chi connectivity index (χ3n) is 4.24. The third-order valence-corrected chi connectivity index (χ3v) is 4.24. The number of nitrogens with zero attached hydrogens (tertiary/aromatic N) is 5. The maximum absolute atomic E-state index is 12.6. The quantitative estimate of drug-likeness (QED) is 0.788. The minimum absolute atomic E-state index is 0.0591. The van der Waals surface area contributed by atoms with Crippen LogP contribution in [-0.4, -0.2) is 32.2 Å². The van der Waals surface area contributed by atoms with Crippen LogP contribution in [0.4, 0.5) is 5.95 Å². The highest BCUT2D eigenvalue weighted by Gasteiger charge is 2.22. The molecule has 0 spiro atoms. The van der Waals surface area contributed by atoms with E-state index in [4.69, 9.17) is 0 Å². The minimum atomic E-state index is -0.0591. The smallest absolute Gasteiger partial charge is 0.279 e. The van der Waals surface area contributed by atoms with E-state index >= 15 is 0 Å². The summed E-state index contributed by atoms with van der Waals surface area (Å²) in [6, 6.07) is 0. The zero-order valence-electron chi connectivity index (χ0n) is 13.4. The molecule has 0 N–H and O–H groups in total. The SMILES string of the molecule is CC#CCn1c(N2CCCCC2)nc2nc(C)n(C)c(=O)c21. The Hall–Kier alpha value is -2.29. The molecule has 0 aromatic carbocycles. The Morgan fingerprint density at radius 3 is 2.59 bits per heavy atom. The summed E-state index contributed by atoms with van der Waals surface area (Å²) in [5.74, 6) is 7.46. The van der Waals surface area contributed by atoms with Gasteiger partial charge in [0.1, 0.15) is 5.82 Å². The van der Waals surface area contributed by atoms with Crippen molar-refractivity contribution < 1.29 is 0 Å². The number of hydrogen-bond acceptors (Lipinski definition) is 4. The molecule has 1 fully saturated rings. The van der Waals surface area contributed by atoms with E-state index < -0.39 is 0 Å². The van der Waals surface area contributed by atoms with Gasteiger partial charge in [0.25, 0.3) is 5.56 Å². The molecule has 0 atom stereocenters. The lowest BCUT2D eigenvalue weighted by Gasteiger charge is -2.27. The summed E-state index contributed by atoms with van der Waals surface area (Å²) in [7, 11) is 1.74. The number of imidazole rings is 1. The monoisotopic (exact) mass is 299 g/mol. The van der Waals surface area contributed by atoms with Crippen molar-refractivity contribution in [2.75, 3.05) is 18.0 Å². The summed E-state index contributed by atoms with van der Waals surface area (Å²) in [5, 5.41) is 0. The van der Waals surface area contributed by atoms with Crippen molar-refractivity contribution in [1.82, 2.24) is 19.1 Å². The van der Waals surface area contributed by atoms with Gasteiger partial charge in [-0.05, 0) is 33.1 Å². The fourth-order valence-electron chi connectivity index (χ4n) is 2.90. The summed E-state index contributed by atoms with van der Waals surface area (Å²) < 4.78 is 3.49. The van der Waals surface area contributed by atoms with Crippen molar-refractivity contribution in [2.24, 2.45) is 7.05 Å². The molecule has 3 heterocycles. The average molecular weight is 299 g/mol. The van der Waals surface area contributed by atoms with E-state index in [2.05, 4.69) is 26.7 Å². The Balaban J connectivity index is 2.23. The van der Waals surface area contributed by atoms with Crippen LogP contribution in [0.3, 0.4) is 0 Å². The van der Waals surface area contributed by atoms with Gasteiger partial charge in [0.15, 0.2) is 11.2 Å². The second-order valence-corrected chi connectivity index (χ2v) is 5.67. The first-order chi connectivity index (χ1) is 10.6. The summed E-state index contributed by atoms with van der Waals surface area (Å²) in [5.41, 5.74) is 1.02. The van der Waals surface area contributed by atoms with Gasteiger partial charge in [-0.1, -0.05) is 5.92 Å². The predicted molar refractivity (Wildman–Crippen MR) is 87.0 cm³/mol. The molecule has 6 heteroatoms. The van der Waals surface area contributed by atoms with Gasteiger partial charge in [0, 0.05) is 20.1 Å². The molecule has 6 nitrogen and oxygen atoms in total. The van der Waals surface area contributed by atoms with Crippen LogP contribution in [0.1, 0.15) is 32.0 Å². The molecular weight excluding hydrogens is 278 g/mol. The first-order valence-electron chi connectivity index (χ1n) is 7.72. The number of aromatic nitrogens is 4. The Bertz CT molecular complexity index is 815. The summed E-state index contributed by atoms with van der Waals surface area (Å²) in [6.07, 6.45) is 3.57. The Labute approximate surface area is 129 Å². The van der Waals surface area contributed by atoms with Crippen molar-refractivity contribution in [1.29, 1.82) is 0 Å². The van der Waals surface area contributed by atoms with Crippen LogP contribution in [-0.2, 0) is 13.6 Å². The van der Waals surface area contributed by atoms with Gasteiger partial charge in [0.05, 0.1) is 6.54 Å². The van der Waals surface area contributed by atoms with Crippen molar-refractivity contribution in [3.63, 3.8) is 0 Å². The zero-order valence-corrected chi connectivity index (χ0v) is 13.4. The van der Waals surface area contributed by atoms with E-state index in [1.54, 1.807) is 18.5 Å². The van der Waals surface area contributed by atoms with Crippen molar-refractivity contribution in [2.45, 2.75) is 39.7 Å². The number of rotatable bonds is 2. The topological polar surface area (TPSA) is 56.0 Å². The van der Waals surface area contributed by atoms with Crippen molar-refractivity contribution >= 4 is 17.1 Å². The van der Waals surface area contributed by atoms with E-state index in [9.17, 15) is 4.79 Å². The highest BCUT2D eigenvalue weighted by atomic mass is 16.1. The van der Waals surface area contributed by atoms with Gasteiger partial charge < -0.3 is 4.90 Å². The molecule has 3 rings (SSSR count). The Kier molecular flexibility index (Phi) is 3.88. The molecule has 2 aromatic heterocycles. The molecule has 1 aliphatic heterocycles. The number of fused-ring (bicyclic) bond motifs is 1. The van der Waals surface area contributed by atoms with Crippen LogP contribution in [0, 0.1) is 18.8 Å². The Morgan fingerprint density at radius 2 is 1.91 bits per heavy atom. The molecule has 116 valence electrons. The molecule has 0 bridgehead atoms. The summed E-state index contributed by atoms with van der Waals surface area (Å²) >= 11 is 0.